The number of rotatable bonds is 8. The van der Waals surface area contributed by atoms with Crippen molar-refractivity contribution in [3.8, 4) is 11.5 Å². The van der Waals surface area contributed by atoms with Gasteiger partial charge in [0.1, 0.15) is 23.6 Å². The van der Waals surface area contributed by atoms with Gasteiger partial charge in [-0.25, -0.2) is 5.43 Å². The van der Waals surface area contributed by atoms with E-state index < -0.39 is 0 Å². The van der Waals surface area contributed by atoms with Crippen LogP contribution in [-0.2, 0) is 11.4 Å². The normalized spacial score (nSPS) is 11.1. The Morgan fingerprint density at radius 2 is 1.69 bits per heavy atom. The van der Waals surface area contributed by atoms with Crippen molar-refractivity contribution < 1.29 is 14.3 Å². The number of hydrazone groups is 1. The van der Waals surface area contributed by atoms with Crippen LogP contribution in [0.5, 0.6) is 11.5 Å². The molecule has 0 aliphatic heterocycles. The van der Waals surface area contributed by atoms with Crippen LogP contribution in [0.15, 0.2) is 107 Å². The standard InChI is InChI=1S/C29H22BrN3O3/c30-25-16-20(11-13-26(25)35-18-21-10-12-22-5-1-2-6-24(22)15-21)17-32-33-28(34)19-36-27-9-3-7-23-8-4-14-31-29(23)27/h1-17H,18-19H2,(H,33,34)/b32-17+. The highest BCUT2D eigenvalue weighted by Gasteiger charge is 2.07. The number of aromatic nitrogens is 1. The largest absolute Gasteiger partial charge is 0.488 e. The van der Waals surface area contributed by atoms with E-state index in [1.165, 1.54) is 10.8 Å². The molecule has 0 unspecified atom stereocenters. The lowest BCUT2D eigenvalue weighted by Crippen LogP contribution is -2.24. The lowest BCUT2D eigenvalue weighted by Gasteiger charge is -2.10. The average Bonchev–Trinajstić information content (AvgIpc) is 2.91. The summed E-state index contributed by atoms with van der Waals surface area (Å²) in [5, 5.41) is 7.37. The molecule has 1 aromatic heterocycles. The van der Waals surface area contributed by atoms with E-state index >= 15 is 0 Å². The summed E-state index contributed by atoms with van der Waals surface area (Å²) < 4.78 is 12.4. The van der Waals surface area contributed by atoms with Crippen molar-refractivity contribution in [2.24, 2.45) is 5.10 Å². The molecule has 0 atom stereocenters. The van der Waals surface area contributed by atoms with Crippen LogP contribution in [0.4, 0.5) is 0 Å². The molecule has 1 N–H and O–H groups in total. The second kappa shape index (κ2) is 11.0. The zero-order valence-electron chi connectivity index (χ0n) is 19.2. The second-order valence-corrected chi connectivity index (χ2v) is 8.93. The molecule has 7 heteroatoms. The van der Waals surface area contributed by atoms with E-state index in [-0.39, 0.29) is 12.5 Å². The smallest absolute Gasteiger partial charge is 0.277 e. The van der Waals surface area contributed by atoms with Gasteiger partial charge in [-0.05, 0) is 74.2 Å². The maximum absolute atomic E-state index is 12.2. The van der Waals surface area contributed by atoms with Gasteiger partial charge in [-0.2, -0.15) is 5.10 Å². The Balaban J connectivity index is 1.13. The molecule has 6 nitrogen and oxygen atoms in total. The lowest BCUT2D eigenvalue weighted by atomic mass is 10.1. The zero-order valence-corrected chi connectivity index (χ0v) is 20.8. The Hall–Kier alpha value is -4.23. The molecule has 1 heterocycles. The third-order valence-corrected chi connectivity index (χ3v) is 6.14. The Morgan fingerprint density at radius 3 is 2.58 bits per heavy atom. The minimum Gasteiger partial charge on any atom is -0.488 e. The highest BCUT2D eigenvalue weighted by molar-refractivity contribution is 9.10. The third-order valence-electron chi connectivity index (χ3n) is 5.52. The number of amides is 1. The van der Waals surface area contributed by atoms with Crippen molar-refractivity contribution in [2.75, 3.05) is 6.61 Å². The molecule has 0 bridgehead atoms. The predicted molar refractivity (Wildman–Crippen MR) is 145 cm³/mol. The minimum atomic E-state index is -0.367. The van der Waals surface area contributed by atoms with Gasteiger partial charge in [0.05, 0.1) is 10.7 Å². The van der Waals surface area contributed by atoms with E-state index in [0.29, 0.717) is 17.9 Å². The number of pyridine rings is 1. The Bertz CT molecular complexity index is 1560. The van der Waals surface area contributed by atoms with Crippen LogP contribution in [0.2, 0.25) is 0 Å². The number of hydrogen-bond donors (Lipinski definition) is 1. The van der Waals surface area contributed by atoms with Crippen molar-refractivity contribution in [1.29, 1.82) is 0 Å². The van der Waals surface area contributed by atoms with Gasteiger partial charge >= 0.3 is 0 Å². The highest BCUT2D eigenvalue weighted by atomic mass is 79.9. The van der Waals surface area contributed by atoms with Gasteiger partial charge in [0.25, 0.3) is 5.91 Å². The molecule has 0 saturated carbocycles. The van der Waals surface area contributed by atoms with Crippen molar-refractivity contribution in [2.45, 2.75) is 6.61 Å². The van der Waals surface area contributed by atoms with Gasteiger partial charge in [0.2, 0.25) is 0 Å². The van der Waals surface area contributed by atoms with Gasteiger partial charge in [-0.3, -0.25) is 9.78 Å². The summed E-state index contributed by atoms with van der Waals surface area (Å²) in [5.74, 6) is 0.908. The van der Waals surface area contributed by atoms with Crippen LogP contribution in [-0.4, -0.2) is 23.7 Å². The first-order valence-corrected chi connectivity index (χ1v) is 12.1. The average molecular weight is 540 g/mol. The molecule has 5 rings (SSSR count). The number of carbonyl (C=O) groups is 1. The molecular formula is C29H22BrN3O3. The Labute approximate surface area is 216 Å². The summed E-state index contributed by atoms with van der Waals surface area (Å²) in [5.41, 5.74) is 5.09. The number of halogens is 1. The molecule has 1 amide bonds. The van der Waals surface area contributed by atoms with Crippen molar-refractivity contribution in [3.63, 3.8) is 0 Å². The summed E-state index contributed by atoms with van der Waals surface area (Å²) in [6, 6.07) is 29.5. The maximum Gasteiger partial charge on any atom is 0.277 e. The van der Waals surface area contributed by atoms with E-state index in [0.717, 1.165) is 26.7 Å². The van der Waals surface area contributed by atoms with E-state index in [1.54, 1.807) is 18.5 Å². The molecule has 0 radical (unpaired) electrons. The summed E-state index contributed by atoms with van der Waals surface area (Å²) >= 11 is 3.55. The Kier molecular flexibility index (Phi) is 7.19. The predicted octanol–water partition coefficient (Wildman–Crippen LogP) is 6.26. The van der Waals surface area contributed by atoms with Crippen LogP contribution >= 0.6 is 15.9 Å². The van der Waals surface area contributed by atoms with E-state index in [9.17, 15) is 4.79 Å². The monoisotopic (exact) mass is 539 g/mol. The van der Waals surface area contributed by atoms with E-state index in [2.05, 4.69) is 61.8 Å². The second-order valence-electron chi connectivity index (χ2n) is 8.07. The molecule has 4 aromatic carbocycles. The first kappa shape index (κ1) is 23.5. The van der Waals surface area contributed by atoms with Crippen LogP contribution in [0.25, 0.3) is 21.7 Å². The molecule has 178 valence electrons. The minimum absolute atomic E-state index is 0.168. The first-order valence-electron chi connectivity index (χ1n) is 11.3. The SMILES string of the molecule is O=C(COc1cccc2cccnc12)N/N=C/c1ccc(OCc2ccc3ccccc3c2)c(Br)c1. The van der Waals surface area contributed by atoms with Gasteiger partial charge in [-0.1, -0.05) is 54.6 Å². The van der Waals surface area contributed by atoms with Gasteiger partial charge in [0, 0.05) is 11.6 Å². The topological polar surface area (TPSA) is 72.8 Å². The maximum atomic E-state index is 12.2. The molecule has 0 spiro atoms. The third kappa shape index (κ3) is 5.70. The summed E-state index contributed by atoms with van der Waals surface area (Å²) in [4.78, 5) is 16.5. The van der Waals surface area contributed by atoms with Gasteiger partial charge in [-0.15, -0.1) is 0 Å². The van der Waals surface area contributed by atoms with Crippen molar-refractivity contribution >= 4 is 49.7 Å². The van der Waals surface area contributed by atoms with Crippen molar-refractivity contribution in [3.05, 3.63) is 113 Å². The van der Waals surface area contributed by atoms with Crippen LogP contribution < -0.4 is 14.9 Å². The Morgan fingerprint density at radius 1 is 0.861 bits per heavy atom. The fourth-order valence-corrected chi connectivity index (χ4v) is 4.26. The number of ether oxygens (including phenoxy) is 2. The van der Waals surface area contributed by atoms with Crippen LogP contribution in [0.3, 0.4) is 0 Å². The number of para-hydroxylation sites is 1. The van der Waals surface area contributed by atoms with E-state index in [1.807, 2.05) is 54.6 Å². The molecule has 36 heavy (non-hydrogen) atoms. The summed E-state index contributed by atoms with van der Waals surface area (Å²) in [6.07, 6.45) is 3.26. The lowest BCUT2D eigenvalue weighted by molar-refractivity contribution is -0.123. The van der Waals surface area contributed by atoms with Gasteiger partial charge < -0.3 is 9.47 Å². The number of nitrogens with zero attached hydrogens (tertiary/aromatic N) is 2. The highest BCUT2D eigenvalue weighted by Crippen LogP contribution is 2.27. The van der Waals surface area contributed by atoms with E-state index in [4.69, 9.17) is 9.47 Å². The molecule has 0 fully saturated rings. The number of nitrogens with one attached hydrogen (secondary N) is 1. The van der Waals surface area contributed by atoms with Gasteiger partial charge in [0.15, 0.2) is 6.61 Å². The summed E-state index contributed by atoms with van der Waals surface area (Å²) in [6.45, 7) is 0.289. The number of carbonyl (C=O) groups excluding carboxylic acids is 1. The molecule has 5 aromatic rings. The summed E-state index contributed by atoms with van der Waals surface area (Å²) in [7, 11) is 0. The quantitative estimate of drug-likeness (QED) is 0.186. The molecular weight excluding hydrogens is 518 g/mol. The number of fused-ring (bicyclic) bond motifs is 2. The molecule has 0 saturated heterocycles. The molecule has 0 aliphatic rings. The molecule has 0 aliphatic carbocycles. The van der Waals surface area contributed by atoms with Crippen molar-refractivity contribution in [1.82, 2.24) is 10.4 Å². The zero-order chi connectivity index (χ0) is 24.7. The van der Waals surface area contributed by atoms with Crippen LogP contribution in [0, 0.1) is 0 Å². The number of benzene rings is 4. The fourth-order valence-electron chi connectivity index (χ4n) is 3.75. The van der Waals surface area contributed by atoms with Crippen LogP contribution in [0.1, 0.15) is 11.1 Å². The number of hydrogen-bond acceptors (Lipinski definition) is 5. The first-order chi connectivity index (χ1) is 17.7. The fraction of sp³-hybridized carbons (Fsp3) is 0.0690.